The monoisotopic (exact) mass is 207 g/mol. The lowest BCUT2D eigenvalue weighted by Crippen LogP contribution is -2.29. The quantitative estimate of drug-likeness (QED) is 0.726. The van der Waals surface area contributed by atoms with Crippen molar-refractivity contribution in [3.63, 3.8) is 0 Å². The van der Waals surface area contributed by atoms with Crippen LogP contribution in [0.25, 0.3) is 0 Å². The van der Waals surface area contributed by atoms with E-state index in [0.717, 1.165) is 25.9 Å². The van der Waals surface area contributed by atoms with E-state index >= 15 is 0 Å². The Morgan fingerprint density at radius 1 is 1.46 bits per heavy atom. The zero-order chi connectivity index (χ0) is 9.73. The average molecular weight is 207 g/mol. The molecule has 0 aromatic heterocycles. The molecule has 0 radical (unpaired) electrons. The Balaban J connectivity index is 2.27. The van der Waals surface area contributed by atoms with Crippen LogP contribution in [0.1, 0.15) is 19.3 Å². The van der Waals surface area contributed by atoms with Crippen LogP contribution in [0, 0.1) is 5.92 Å². The third kappa shape index (κ3) is 5.23. The molecule has 4 nitrogen and oxygen atoms in total. The van der Waals surface area contributed by atoms with Crippen molar-refractivity contribution in [3.8, 4) is 0 Å². The molecule has 0 aromatic rings. The summed E-state index contributed by atoms with van der Waals surface area (Å²) in [5, 5.41) is 0. The Bertz CT molecular complexity index is 230. The lowest BCUT2D eigenvalue weighted by Gasteiger charge is -2.12. The molecule has 0 aromatic carbocycles. The number of nitrogens with one attached hydrogen (secondary N) is 1. The zero-order valence-electron chi connectivity index (χ0n) is 7.95. The van der Waals surface area contributed by atoms with Gasteiger partial charge in [0.05, 0.1) is 12.9 Å². The first-order valence-electron chi connectivity index (χ1n) is 4.60. The summed E-state index contributed by atoms with van der Waals surface area (Å²) in [7, 11) is -3.04. The van der Waals surface area contributed by atoms with E-state index in [9.17, 15) is 8.42 Å². The molecule has 1 rings (SSSR count). The van der Waals surface area contributed by atoms with Crippen molar-refractivity contribution in [2.24, 2.45) is 5.92 Å². The molecule has 13 heavy (non-hydrogen) atoms. The summed E-state index contributed by atoms with van der Waals surface area (Å²) in [6.45, 7) is 2.01. The molecule has 0 spiro atoms. The van der Waals surface area contributed by atoms with Gasteiger partial charge in [0.2, 0.25) is 10.0 Å². The summed E-state index contributed by atoms with van der Waals surface area (Å²) in [5.74, 6) is 0.345. The van der Waals surface area contributed by atoms with Crippen LogP contribution >= 0.6 is 0 Å². The van der Waals surface area contributed by atoms with Crippen molar-refractivity contribution in [2.45, 2.75) is 19.3 Å². The Hall–Kier alpha value is -0.130. The maximum Gasteiger partial charge on any atom is 0.208 e. The molecule has 1 unspecified atom stereocenters. The SMILES string of the molecule is CS(=O)(=O)NCC1CCCCOC1. The fourth-order valence-electron chi connectivity index (χ4n) is 1.40. The average Bonchev–Trinajstić information content (AvgIpc) is 2.26. The molecule has 0 bridgehead atoms. The van der Waals surface area contributed by atoms with Gasteiger partial charge in [-0.15, -0.1) is 0 Å². The van der Waals surface area contributed by atoms with E-state index in [2.05, 4.69) is 4.72 Å². The van der Waals surface area contributed by atoms with Crippen molar-refractivity contribution in [1.82, 2.24) is 4.72 Å². The van der Waals surface area contributed by atoms with Gasteiger partial charge >= 0.3 is 0 Å². The third-order valence-electron chi connectivity index (χ3n) is 2.14. The van der Waals surface area contributed by atoms with Gasteiger partial charge in [-0.1, -0.05) is 6.42 Å². The fourth-order valence-corrected chi connectivity index (χ4v) is 1.94. The molecule has 0 amide bonds. The molecule has 0 saturated carbocycles. The summed E-state index contributed by atoms with van der Waals surface area (Å²) in [6, 6.07) is 0. The fraction of sp³-hybridized carbons (Fsp3) is 1.00. The van der Waals surface area contributed by atoms with Gasteiger partial charge < -0.3 is 4.74 Å². The van der Waals surface area contributed by atoms with Gasteiger partial charge in [0.15, 0.2) is 0 Å². The minimum absolute atomic E-state index is 0.345. The highest BCUT2D eigenvalue weighted by Gasteiger charge is 2.13. The first-order chi connectivity index (χ1) is 6.08. The Kier molecular flexibility index (Phi) is 4.15. The van der Waals surface area contributed by atoms with Gasteiger partial charge in [0.1, 0.15) is 0 Å². The molecule has 1 aliphatic heterocycles. The molecule has 1 atom stereocenters. The zero-order valence-corrected chi connectivity index (χ0v) is 8.77. The van der Waals surface area contributed by atoms with E-state index in [4.69, 9.17) is 4.74 Å². The van der Waals surface area contributed by atoms with E-state index in [1.165, 1.54) is 6.26 Å². The molecule has 1 saturated heterocycles. The van der Waals surface area contributed by atoms with Crippen LogP contribution in [-0.2, 0) is 14.8 Å². The summed E-state index contributed by atoms with van der Waals surface area (Å²) in [6.07, 6.45) is 4.47. The van der Waals surface area contributed by atoms with Crippen LogP contribution in [0.3, 0.4) is 0 Å². The van der Waals surface area contributed by atoms with E-state index in [1.807, 2.05) is 0 Å². The standard InChI is InChI=1S/C8H17NO3S/c1-13(10,11)9-6-8-4-2-3-5-12-7-8/h8-9H,2-7H2,1H3. The van der Waals surface area contributed by atoms with Gasteiger partial charge in [-0.2, -0.15) is 0 Å². The molecule has 1 N–H and O–H groups in total. The number of rotatable bonds is 3. The predicted molar refractivity (Wildman–Crippen MR) is 51.0 cm³/mol. The van der Waals surface area contributed by atoms with Crippen LogP contribution in [0.4, 0.5) is 0 Å². The summed E-state index contributed by atoms with van der Waals surface area (Å²) in [5.41, 5.74) is 0. The largest absolute Gasteiger partial charge is 0.381 e. The Morgan fingerprint density at radius 2 is 2.23 bits per heavy atom. The van der Waals surface area contributed by atoms with Crippen molar-refractivity contribution in [3.05, 3.63) is 0 Å². The summed E-state index contributed by atoms with van der Waals surface area (Å²) in [4.78, 5) is 0. The molecule has 0 aliphatic carbocycles. The molecule has 1 fully saturated rings. The highest BCUT2D eigenvalue weighted by atomic mass is 32.2. The van der Waals surface area contributed by atoms with Gasteiger partial charge in [-0.3, -0.25) is 0 Å². The van der Waals surface area contributed by atoms with E-state index in [1.54, 1.807) is 0 Å². The lowest BCUT2D eigenvalue weighted by molar-refractivity contribution is 0.117. The second-order valence-electron chi connectivity index (χ2n) is 3.56. The number of ether oxygens (including phenoxy) is 1. The van der Waals surface area contributed by atoms with Crippen LogP contribution < -0.4 is 4.72 Å². The van der Waals surface area contributed by atoms with E-state index in [-0.39, 0.29) is 0 Å². The third-order valence-corrected chi connectivity index (χ3v) is 2.83. The lowest BCUT2D eigenvalue weighted by atomic mass is 10.0. The van der Waals surface area contributed by atoms with Gasteiger partial charge in [-0.25, -0.2) is 13.1 Å². The van der Waals surface area contributed by atoms with Gasteiger partial charge in [0.25, 0.3) is 0 Å². The Morgan fingerprint density at radius 3 is 2.92 bits per heavy atom. The maximum absolute atomic E-state index is 10.8. The normalized spacial score (nSPS) is 25.5. The molecule has 1 heterocycles. The first-order valence-corrected chi connectivity index (χ1v) is 6.49. The number of hydrogen-bond acceptors (Lipinski definition) is 3. The molecule has 78 valence electrons. The minimum Gasteiger partial charge on any atom is -0.381 e. The molecule has 5 heteroatoms. The smallest absolute Gasteiger partial charge is 0.208 e. The van der Waals surface area contributed by atoms with Crippen LogP contribution in [0.15, 0.2) is 0 Å². The van der Waals surface area contributed by atoms with Crippen LogP contribution in [-0.4, -0.2) is 34.4 Å². The summed E-state index contributed by atoms with van der Waals surface area (Å²) >= 11 is 0. The van der Waals surface area contributed by atoms with E-state index < -0.39 is 10.0 Å². The Labute approximate surface area is 79.7 Å². The van der Waals surface area contributed by atoms with Crippen molar-refractivity contribution in [1.29, 1.82) is 0 Å². The van der Waals surface area contributed by atoms with Gasteiger partial charge in [0, 0.05) is 13.2 Å². The summed E-state index contributed by atoms with van der Waals surface area (Å²) < 4.78 is 29.5. The van der Waals surface area contributed by atoms with Crippen molar-refractivity contribution < 1.29 is 13.2 Å². The van der Waals surface area contributed by atoms with E-state index in [0.29, 0.717) is 19.1 Å². The molecular weight excluding hydrogens is 190 g/mol. The highest BCUT2D eigenvalue weighted by Crippen LogP contribution is 2.13. The second kappa shape index (κ2) is 4.93. The molecule has 1 aliphatic rings. The van der Waals surface area contributed by atoms with Crippen LogP contribution in [0.5, 0.6) is 0 Å². The highest BCUT2D eigenvalue weighted by molar-refractivity contribution is 7.88. The number of sulfonamides is 1. The number of hydrogen-bond donors (Lipinski definition) is 1. The van der Waals surface area contributed by atoms with Crippen molar-refractivity contribution in [2.75, 3.05) is 26.0 Å². The maximum atomic E-state index is 10.8. The van der Waals surface area contributed by atoms with Gasteiger partial charge in [-0.05, 0) is 18.8 Å². The van der Waals surface area contributed by atoms with Crippen LogP contribution in [0.2, 0.25) is 0 Å². The minimum atomic E-state index is -3.04. The molecular formula is C8H17NO3S. The first kappa shape index (κ1) is 10.9. The predicted octanol–water partition coefficient (Wildman–Crippen LogP) is 0.352. The van der Waals surface area contributed by atoms with Crippen molar-refractivity contribution >= 4 is 10.0 Å². The second-order valence-corrected chi connectivity index (χ2v) is 5.39. The topological polar surface area (TPSA) is 55.4 Å².